The summed E-state index contributed by atoms with van der Waals surface area (Å²) in [6.45, 7) is 13.0. The SMILES string of the molecule is CCSCC(C)N1CCCNC(C(C)CC)C1. The van der Waals surface area contributed by atoms with Crippen LogP contribution in [0.5, 0.6) is 0 Å². The standard InChI is InChI=1S/C14H30N2S/c1-5-12(3)14-10-16(9-7-8-15-14)13(4)11-17-6-2/h12-15H,5-11H2,1-4H3. The summed E-state index contributed by atoms with van der Waals surface area (Å²) in [4.78, 5) is 2.69. The van der Waals surface area contributed by atoms with E-state index in [-0.39, 0.29) is 0 Å². The van der Waals surface area contributed by atoms with E-state index in [2.05, 4.69) is 49.7 Å². The van der Waals surface area contributed by atoms with Gasteiger partial charge in [0.05, 0.1) is 0 Å². The molecule has 1 heterocycles. The highest BCUT2D eigenvalue weighted by Gasteiger charge is 2.24. The third-order valence-electron chi connectivity index (χ3n) is 3.98. The normalized spacial score (nSPS) is 26.5. The maximum atomic E-state index is 3.72. The topological polar surface area (TPSA) is 15.3 Å². The summed E-state index contributed by atoms with van der Waals surface area (Å²) >= 11 is 2.07. The number of hydrogen-bond donors (Lipinski definition) is 1. The Bertz CT molecular complexity index is 199. The Morgan fingerprint density at radius 2 is 2.12 bits per heavy atom. The number of rotatable bonds is 6. The molecule has 0 radical (unpaired) electrons. The van der Waals surface area contributed by atoms with Crippen LogP contribution in [0, 0.1) is 5.92 Å². The zero-order chi connectivity index (χ0) is 12.7. The molecule has 0 bridgehead atoms. The summed E-state index contributed by atoms with van der Waals surface area (Å²) in [5, 5.41) is 3.72. The van der Waals surface area contributed by atoms with Crippen molar-refractivity contribution < 1.29 is 0 Å². The van der Waals surface area contributed by atoms with Crippen LogP contribution in [0.3, 0.4) is 0 Å². The molecular weight excluding hydrogens is 228 g/mol. The summed E-state index contributed by atoms with van der Waals surface area (Å²) in [5.41, 5.74) is 0. The first-order valence-corrected chi connectivity index (χ1v) is 8.39. The lowest BCUT2D eigenvalue weighted by molar-refractivity contribution is 0.200. The van der Waals surface area contributed by atoms with E-state index in [0.717, 1.165) is 12.0 Å². The van der Waals surface area contributed by atoms with Crippen molar-refractivity contribution in [3.05, 3.63) is 0 Å². The molecule has 1 fully saturated rings. The lowest BCUT2D eigenvalue weighted by atomic mass is 9.98. The van der Waals surface area contributed by atoms with Gasteiger partial charge in [-0.3, -0.25) is 4.90 Å². The summed E-state index contributed by atoms with van der Waals surface area (Å²) in [6, 6.07) is 1.42. The predicted molar refractivity (Wildman–Crippen MR) is 79.9 cm³/mol. The largest absolute Gasteiger partial charge is 0.312 e. The molecule has 17 heavy (non-hydrogen) atoms. The Labute approximate surface area is 112 Å². The lowest BCUT2D eigenvalue weighted by Gasteiger charge is -2.32. The van der Waals surface area contributed by atoms with Gasteiger partial charge in [0.2, 0.25) is 0 Å². The van der Waals surface area contributed by atoms with Crippen LogP contribution in [0.1, 0.15) is 40.5 Å². The maximum Gasteiger partial charge on any atom is 0.0220 e. The number of nitrogens with zero attached hydrogens (tertiary/aromatic N) is 1. The minimum absolute atomic E-state index is 0.691. The van der Waals surface area contributed by atoms with Crippen molar-refractivity contribution in [3.8, 4) is 0 Å². The van der Waals surface area contributed by atoms with E-state index in [1.54, 1.807) is 0 Å². The third-order valence-corrected chi connectivity index (χ3v) is 5.10. The fraction of sp³-hybridized carbons (Fsp3) is 1.00. The molecule has 3 atom stereocenters. The lowest BCUT2D eigenvalue weighted by Crippen LogP contribution is -2.45. The fourth-order valence-corrected chi connectivity index (χ4v) is 3.23. The first-order chi connectivity index (χ1) is 8.19. The molecule has 0 aromatic heterocycles. The second-order valence-electron chi connectivity index (χ2n) is 5.30. The minimum Gasteiger partial charge on any atom is -0.312 e. The van der Waals surface area contributed by atoms with Crippen LogP contribution in [0.4, 0.5) is 0 Å². The first-order valence-electron chi connectivity index (χ1n) is 7.24. The molecule has 0 aromatic carbocycles. The fourth-order valence-electron chi connectivity index (χ4n) is 2.44. The molecule has 3 heteroatoms. The van der Waals surface area contributed by atoms with Gasteiger partial charge in [0.15, 0.2) is 0 Å². The molecule has 3 unspecified atom stereocenters. The van der Waals surface area contributed by atoms with E-state index in [0.29, 0.717) is 6.04 Å². The van der Waals surface area contributed by atoms with Crippen LogP contribution >= 0.6 is 11.8 Å². The van der Waals surface area contributed by atoms with Gasteiger partial charge in [-0.1, -0.05) is 27.2 Å². The molecule has 0 saturated carbocycles. The average Bonchev–Trinajstić information content (AvgIpc) is 2.60. The van der Waals surface area contributed by atoms with E-state index in [1.807, 2.05) is 0 Å². The number of thioether (sulfide) groups is 1. The van der Waals surface area contributed by atoms with Crippen molar-refractivity contribution >= 4 is 11.8 Å². The van der Waals surface area contributed by atoms with Crippen molar-refractivity contribution in [2.45, 2.75) is 52.6 Å². The van der Waals surface area contributed by atoms with Crippen LogP contribution < -0.4 is 5.32 Å². The Morgan fingerprint density at radius 3 is 2.76 bits per heavy atom. The van der Waals surface area contributed by atoms with Gasteiger partial charge in [-0.25, -0.2) is 0 Å². The molecule has 0 aromatic rings. The highest BCUT2D eigenvalue weighted by atomic mass is 32.2. The minimum atomic E-state index is 0.691. The molecular formula is C14H30N2S. The molecule has 0 amide bonds. The van der Waals surface area contributed by atoms with Gasteiger partial charge in [0.25, 0.3) is 0 Å². The van der Waals surface area contributed by atoms with Crippen molar-refractivity contribution in [1.29, 1.82) is 0 Å². The van der Waals surface area contributed by atoms with E-state index in [4.69, 9.17) is 0 Å². The summed E-state index contributed by atoms with van der Waals surface area (Å²) in [7, 11) is 0. The zero-order valence-corrected chi connectivity index (χ0v) is 12.9. The summed E-state index contributed by atoms with van der Waals surface area (Å²) < 4.78 is 0. The van der Waals surface area contributed by atoms with Crippen molar-refractivity contribution in [3.63, 3.8) is 0 Å². The van der Waals surface area contributed by atoms with Crippen molar-refractivity contribution in [2.75, 3.05) is 31.1 Å². The summed E-state index contributed by atoms with van der Waals surface area (Å²) in [6.07, 6.45) is 2.58. The molecule has 102 valence electrons. The van der Waals surface area contributed by atoms with Gasteiger partial charge in [-0.05, 0) is 38.1 Å². The monoisotopic (exact) mass is 258 g/mol. The van der Waals surface area contributed by atoms with Crippen molar-refractivity contribution in [2.24, 2.45) is 5.92 Å². The second kappa shape index (κ2) is 8.39. The van der Waals surface area contributed by atoms with Gasteiger partial charge in [-0.2, -0.15) is 11.8 Å². The second-order valence-corrected chi connectivity index (χ2v) is 6.62. The molecule has 0 aliphatic carbocycles. The Kier molecular flexibility index (Phi) is 7.56. The van der Waals surface area contributed by atoms with Gasteiger partial charge in [-0.15, -0.1) is 0 Å². The molecule has 1 saturated heterocycles. The Morgan fingerprint density at radius 1 is 1.35 bits per heavy atom. The van der Waals surface area contributed by atoms with Crippen LogP contribution in [0.2, 0.25) is 0 Å². The van der Waals surface area contributed by atoms with E-state index in [1.165, 1.54) is 44.0 Å². The molecule has 1 aliphatic heterocycles. The van der Waals surface area contributed by atoms with Gasteiger partial charge >= 0.3 is 0 Å². The van der Waals surface area contributed by atoms with E-state index < -0.39 is 0 Å². The molecule has 1 N–H and O–H groups in total. The molecule has 1 rings (SSSR count). The van der Waals surface area contributed by atoms with E-state index >= 15 is 0 Å². The third kappa shape index (κ3) is 5.19. The summed E-state index contributed by atoms with van der Waals surface area (Å²) in [5.74, 6) is 3.32. The predicted octanol–water partition coefficient (Wildman–Crippen LogP) is 2.84. The number of nitrogens with one attached hydrogen (secondary N) is 1. The molecule has 1 aliphatic rings. The van der Waals surface area contributed by atoms with Crippen LogP contribution in [0.15, 0.2) is 0 Å². The molecule has 2 nitrogen and oxygen atoms in total. The van der Waals surface area contributed by atoms with Gasteiger partial charge in [0.1, 0.15) is 0 Å². The first kappa shape index (κ1) is 15.3. The smallest absolute Gasteiger partial charge is 0.0220 e. The zero-order valence-electron chi connectivity index (χ0n) is 12.0. The van der Waals surface area contributed by atoms with Crippen LogP contribution in [0.25, 0.3) is 0 Å². The quantitative estimate of drug-likeness (QED) is 0.789. The van der Waals surface area contributed by atoms with Crippen LogP contribution in [-0.4, -0.2) is 48.1 Å². The highest BCUT2D eigenvalue weighted by molar-refractivity contribution is 7.99. The average molecular weight is 258 g/mol. The molecule has 0 spiro atoms. The highest BCUT2D eigenvalue weighted by Crippen LogP contribution is 2.16. The van der Waals surface area contributed by atoms with Crippen molar-refractivity contribution in [1.82, 2.24) is 10.2 Å². The van der Waals surface area contributed by atoms with Crippen LogP contribution in [-0.2, 0) is 0 Å². The Balaban J connectivity index is 2.47. The van der Waals surface area contributed by atoms with Gasteiger partial charge < -0.3 is 5.32 Å². The van der Waals surface area contributed by atoms with E-state index in [9.17, 15) is 0 Å². The van der Waals surface area contributed by atoms with Gasteiger partial charge in [0, 0.05) is 24.4 Å². The number of hydrogen-bond acceptors (Lipinski definition) is 3. The Hall–Kier alpha value is 0.270. The maximum absolute atomic E-state index is 3.72.